The minimum Gasteiger partial charge on any atom is -0.384 e. The van der Waals surface area contributed by atoms with Gasteiger partial charge in [0.15, 0.2) is 5.78 Å². The molecule has 1 heterocycles. The average Bonchev–Trinajstić information content (AvgIpc) is 2.77. The van der Waals surface area contributed by atoms with Gasteiger partial charge in [0.05, 0.1) is 22.5 Å². The number of ketones is 1. The number of nitriles is 1. The largest absolute Gasteiger partial charge is 0.384 e. The van der Waals surface area contributed by atoms with Crippen molar-refractivity contribution in [2.24, 2.45) is 16.3 Å². The van der Waals surface area contributed by atoms with Crippen molar-refractivity contribution in [2.75, 3.05) is 11.2 Å². The highest BCUT2D eigenvalue weighted by atomic mass is 32.2. The summed E-state index contributed by atoms with van der Waals surface area (Å²) in [5.74, 6) is -0.343. The Morgan fingerprint density at radius 3 is 2.24 bits per heavy atom. The molecular formula is C25H26N4O3S2. The van der Waals surface area contributed by atoms with Crippen molar-refractivity contribution in [3.05, 3.63) is 76.8 Å². The first-order chi connectivity index (χ1) is 16.0. The highest BCUT2D eigenvalue weighted by Crippen LogP contribution is 2.50. The number of Topliss-reactive ketones (excluding diaryl/α,β-unsaturated/α-hetero) is 1. The van der Waals surface area contributed by atoms with Gasteiger partial charge in [-0.2, -0.15) is 5.26 Å². The van der Waals surface area contributed by atoms with Crippen LogP contribution in [-0.4, -0.2) is 20.5 Å². The molecule has 176 valence electrons. The molecule has 0 aromatic heterocycles. The van der Waals surface area contributed by atoms with Crippen LogP contribution in [0, 0.1) is 16.7 Å². The Kier molecular flexibility index (Phi) is 6.10. The molecular weight excluding hydrogens is 468 g/mol. The number of primary sulfonamides is 1. The van der Waals surface area contributed by atoms with E-state index >= 15 is 0 Å². The van der Waals surface area contributed by atoms with E-state index in [4.69, 9.17) is 10.9 Å². The normalized spacial score (nSPS) is 20.3. The summed E-state index contributed by atoms with van der Waals surface area (Å²) in [6.07, 6.45) is 2.92. The lowest BCUT2D eigenvalue weighted by molar-refractivity contribution is -0.118. The van der Waals surface area contributed by atoms with E-state index in [1.165, 1.54) is 12.1 Å². The van der Waals surface area contributed by atoms with Crippen molar-refractivity contribution < 1.29 is 13.2 Å². The number of benzene rings is 2. The monoisotopic (exact) mass is 494 g/mol. The van der Waals surface area contributed by atoms with E-state index in [0.29, 0.717) is 29.7 Å². The van der Waals surface area contributed by atoms with E-state index in [1.54, 1.807) is 28.8 Å². The molecule has 1 aliphatic heterocycles. The van der Waals surface area contributed by atoms with E-state index in [9.17, 15) is 18.5 Å². The third-order valence-corrected chi connectivity index (χ3v) is 7.93. The summed E-state index contributed by atoms with van der Waals surface area (Å²) >= 11 is 1.61. The van der Waals surface area contributed by atoms with E-state index in [2.05, 4.69) is 6.07 Å². The van der Waals surface area contributed by atoms with Crippen molar-refractivity contribution in [1.82, 2.24) is 0 Å². The molecule has 0 unspecified atom stereocenters. The van der Waals surface area contributed by atoms with Crippen molar-refractivity contribution >= 4 is 33.3 Å². The number of thioether (sulfide) groups is 1. The van der Waals surface area contributed by atoms with Gasteiger partial charge in [-0.3, -0.25) is 9.69 Å². The number of carbonyl (C=O) groups is 1. The lowest BCUT2D eigenvalue weighted by Crippen LogP contribution is -2.42. The molecule has 2 aromatic carbocycles. The molecule has 0 radical (unpaired) electrons. The Morgan fingerprint density at radius 2 is 1.71 bits per heavy atom. The molecule has 2 aliphatic rings. The summed E-state index contributed by atoms with van der Waals surface area (Å²) in [6, 6.07) is 16.0. The van der Waals surface area contributed by atoms with Crippen LogP contribution in [-0.2, 0) is 14.8 Å². The number of hydrogen-bond acceptors (Lipinski definition) is 7. The first kappa shape index (κ1) is 24.1. The second-order valence-electron chi connectivity index (χ2n) is 9.29. The molecule has 1 atom stereocenters. The molecule has 1 aliphatic carbocycles. The molecule has 34 heavy (non-hydrogen) atoms. The van der Waals surface area contributed by atoms with Gasteiger partial charge in [-0.25, -0.2) is 13.6 Å². The van der Waals surface area contributed by atoms with Crippen LogP contribution in [0.5, 0.6) is 0 Å². The standard InChI is InChI=1S/C25H26N4O3S2/c1-25(2)12-20-23(21(30)13-25)22(15-4-8-17(33-3)9-5-15)19(14-26)24(27)29(20)16-6-10-18(11-7-16)34(28,31)32/h4-11,22H,12-13,27H2,1-3H3,(H2,28,31,32)/t22-/m1/s1. The maximum atomic E-state index is 13.5. The Hall–Kier alpha value is -3.06. The number of rotatable bonds is 4. The Balaban J connectivity index is 1.94. The number of sulfonamides is 1. The summed E-state index contributed by atoms with van der Waals surface area (Å²) in [5, 5.41) is 15.4. The van der Waals surface area contributed by atoms with Crippen LogP contribution in [0.2, 0.25) is 0 Å². The lowest BCUT2D eigenvalue weighted by Gasteiger charge is -2.43. The zero-order chi connectivity index (χ0) is 24.8. The summed E-state index contributed by atoms with van der Waals surface area (Å²) in [6.45, 7) is 4.05. The predicted octanol–water partition coefficient (Wildman–Crippen LogP) is 4.00. The highest BCUT2D eigenvalue weighted by Gasteiger charge is 2.44. The molecule has 2 aromatic rings. The summed E-state index contributed by atoms with van der Waals surface area (Å²) in [7, 11) is -3.86. The van der Waals surface area contributed by atoms with Crippen molar-refractivity contribution in [3.63, 3.8) is 0 Å². The van der Waals surface area contributed by atoms with Crippen LogP contribution in [0.15, 0.2) is 81.0 Å². The third-order valence-electron chi connectivity index (χ3n) is 6.25. The molecule has 0 saturated heterocycles. The molecule has 4 N–H and O–H groups in total. The number of nitrogens with zero attached hydrogens (tertiary/aromatic N) is 2. The van der Waals surface area contributed by atoms with Crippen LogP contribution in [0.25, 0.3) is 0 Å². The van der Waals surface area contributed by atoms with Gasteiger partial charge >= 0.3 is 0 Å². The number of carbonyl (C=O) groups excluding carboxylic acids is 1. The second-order valence-corrected chi connectivity index (χ2v) is 11.7. The van der Waals surface area contributed by atoms with Crippen LogP contribution in [0.3, 0.4) is 0 Å². The SMILES string of the molecule is CSc1ccc([C@@H]2C(C#N)=C(N)N(c3ccc(S(N)(=O)=O)cc3)C3=C2C(=O)CC(C)(C)C3)cc1. The van der Waals surface area contributed by atoms with Gasteiger partial charge in [0.1, 0.15) is 5.82 Å². The first-order valence-electron chi connectivity index (χ1n) is 10.7. The average molecular weight is 495 g/mol. The first-order valence-corrected chi connectivity index (χ1v) is 13.5. The van der Waals surface area contributed by atoms with Gasteiger partial charge in [0.2, 0.25) is 10.0 Å². The zero-order valence-electron chi connectivity index (χ0n) is 19.2. The minimum absolute atomic E-state index is 0.0170. The van der Waals surface area contributed by atoms with Gasteiger partial charge < -0.3 is 5.73 Å². The Labute approximate surface area is 204 Å². The zero-order valence-corrected chi connectivity index (χ0v) is 20.8. The molecule has 0 amide bonds. The van der Waals surface area contributed by atoms with Gasteiger partial charge in [0, 0.05) is 28.3 Å². The number of anilines is 1. The van der Waals surface area contributed by atoms with E-state index in [0.717, 1.165) is 16.2 Å². The third kappa shape index (κ3) is 4.25. The minimum atomic E-state index is -3.86. The summed E-state index contributed by atoms with van der Waals surface area (Å²) < 4.78 is 23.4. The number of allylic oxidation sites excluding steroid dienone is 3. The maximum Gasteiger partial charge on any atom is 0.238 e. The van der Waals surface area contributed by atoms with E-state index in [-0.39, 0.29) is 21.9 Å². The summed E-state index contributed by atoms with van der Waals surface area (Å²) in [4.78, 5) is 16.3. The predicted molar refractivity (Wildman–Crippen MR) is 133 cm³/mol. The van der Waals surface area contributed by atoms with Crippen molar-refractivity contribution in [2.45, 2.75) is 42.4 Å². The molecule has 0 fully saturated rings. The van der Waals surface area contributed by atoms with Gasteiger partial charge in [-0.15, -0.1) is 11.8 Å². The number of hydrogen-bond donors (Lipinski definition) is 2. The number of nitrogens with two attached hydrogens (primary N) is 2. The van der Waals surface area contributed by atoms with Crippen molar-refractivity contribution in [1.29, 1.82) is 5.26 Å². The van der Waals surface area contributed by atoms with E-state index in [1.807, 2.05) is 44.4 Å². The topological polar surface area (TPSA) is 130 Å². The smallest absolute Gasteiger partial charge is 0.238 e. The summed E-state index contributed by atoms with van der Waals surface area (Å²) in [5.41, 5.74) is 9.30. The Bertz CT molecular complexity index is 1370. The van der Waals surface area contributed by atoms with Gasteiger partial charge in [0.25, 0.3) is 0 Å². The van der Waals surface area contributed by atoms with Gasteiger partial charge in [-0.05, 0) is 60.1 Å². The maximum absolute atomic E-state index is 13.5. The highest BCUT2D eigenvalue weighted by molar-refractivity contribution is 7.98. The fourth-order valence-electron chi connectivity index (χ4n) is 4.72. The second kappa shape index (κ2) is 8.62. The van der Waals surface area contributed by atoms with Crippen LogP contribution >= 0.6 is 11.8 Å². The van der Waals surface area contributed by atoms with Crippen molar-refractivity contribution in [3.8, 4) is 6.07 Å². The van der Waals surface area contributed by atoms with Crippen LogP contribution in [0.4, 0.5) is 5.69 Å². The van der Waals surface area contributed by atoms with Gasteiger partial charge in [-0.1, -0.05) is 26.0 Å². The Morgan fingerprint density at radius 1 is 1.09 bits per heavy atom. The molecule has 0 spiro atoms. The van der Waals surface area contributed by atoms with Crippen LogP contribution < -0.4 is 15.8 Å². The lowest BCUT2D eigenvalue weighted by atomic mass is 9.68. The van der Waals surface area contributed by atoms with Crippen LogP contribution in [0.1, 0.15) is 38.2 Å². The molecule has 9 heteroatoms. The molecule has 0 bridgehead atoms. The molecule has 0 saturated carbocycles. The molecule has 7 nitrogen and oxygen atoms in total. The fourth-order valence-corrected chi connectivity index (χ4v) is 5.64. The molecule has 4 rings (SSSR count). The fraction of sp³-hybridized carbons (Fsp3) is 0.280. The quantitative estimate of drug-likeness (QED) is 0.614. The van der Waals surface area contributed by atoms with E-state index < -0.39 is 15.9 Å².